The average molecular weight is 340 g/mol. The van der Waals surface area contributed by atoms with Crippen molar-refractivity contribution in [2.24, 2.45) is 0 Å². The lowest BCUT2D eigenvalue weighted by atomic mass is 10.0. The smallest absolute Gasteiger partial charge is 0.244 e. The molecule has 134 valence electrons. The summed E-state index contributed by atoms with van der Waals surface area (Å²) in [7, 11) is 3.52. The third-order valence-electron chi connectivity index (χ3n) is 4.48. The van der Waals surface area contributed by atoms with E-state index in [4.69, 9.17) is 4.74 Å². The van der Waals surface area contributed by atoms with E-state index in [9.17, 15) is 4.79 Å². The first-order valence-electron chi connectivity index (χ1n) is 8.77. The van der Waals surface area contributed by atoms with Crippen LogP contribution in [0.1, 0.15) is 31.0 Å². The van der Waals surface area contributed by atoms with Crippen LogP contribution in [0.2, 0.25) is 0 Å². The molecule has 0 spiro atoms. The van der Waals surface area contributed by atoms with Gasteiger partial charge >= 0.3 is 0 Å². The second kappa shape index (κ2) is 9.23. The second-order valence-corrected chi connectivity index (χ2v) is 6.08. The van der Waals surface area contributed by atoms with E-state index in [-0.39, 0.29) is 11.9 Å². The van der Waals surface area contributed by atoms with Crippen molar-refractivity contribution >= 4 is 5.91 Å². The van der Waals surface area contributed by atoms with Crippen LogP contribution in [0.4, 0.5) is 0 Å². The van der Waals surface area contributed by atoms with Crippen molar-refractivity contribution < 1.29 is 9.53 Å². The Morgan fingerprint density at radius 2 is 1.60 bits per heavy atom. The van der Waals surface area contributed by atoms with Crippen LogP contribution in [0, 0.1) is 0 Å². The molecule has 1 unspecified atom stereocenters. The maximum Gasteiger partial charge on any atom is 0.244 e. The van der Waals surface area contributed by atoms with Crippen LogP contribution in [-0.2, 0) is 11.3 Å². The summed E-state index contributed by atoms with van der Waals surface area (Å²) in [6.07, 6.45) is 0. The van der Waals surface area contributed by atoms with Crippen LogP contribution in [0.5, 0.6) is 5.75 Å². The fourth-order valence-electron chi connectivity index (χ4n) is 3.03. The van der Waals surface area contributed by atoms with Crippen LogP contribution in [-0.4, -0.2) is 43.0 Å². The number of carbonyl (C=O) groups excluding carboxylic acids is 1. The first-order chi connectivity index (χ1) is 12.1. The van der Waals surface area contributed by atoms with Crippen molar-refractivity contribution in [3.63, 3.8) is 0 Å². The number of amides is 1. The number of methoxy groups -OCH3 is 1. The number of hydrogen-bond donors (Lipinski definition) is 0. The molecule has 0 N–H and O–H groups in total. The van der Waals surface area contributed by atoms with Gasteiger partial charge in [-0.15, -0.1) is 0 Å². The van der Waals surface area contributed by atoms with Crippen molar-refractivity contribution in [2.75, 3.05) is 27.2 Å². The molecule has 0 fully saturated rings. The van der Waals surface area contributed by atoms with E-state index in [1.54, 1.807) is 12.0 Å². The molecule has 1 amide bonds. The Morgan fingerprint density at radius 3 is 2.12 bits per heavy atom. The SMILES string of the molecule is CCN(CC)C(C(=O)N(C)Cc1ccc(OC)cc1)c1ccccc1. The summed E-state index contributed by atoms with van der Waals surface area (Å²) in [5.74, 6) is 0.939. The van der Waals surface area contributed by atoms with Gasteiger partial charge in [-0.25, -0.2) is 0 Å². The minimum atomic E-state index is -0.251. The van der Waals surface area contributed by atoms with Gasteiger partial charge in [0.05, 0.1) is 7.11 Å². The Morgan fingerprint density at radius 1 is 1.00 bits per heavy atom. The van der Waals surface area contributed by atoms with Crippen LogP contribution < -0.4 is 4.74 Å². The highest BCUT2D eigenvalue weighted by Crippen LogP contribution is 2.23. The summed E-state index contributed by atoms with van der Waals surface area (Å²) in [6, 6.07) is 17.6. The number of benzene rings is 2. The minimum absolute atomic E-state index is 0.116. The monoisotopic (exact) mass is 340 g/mol. The van der Waals surface area contributed by atoms with Crippen LogP contribution in [0.3, 0.4) is 0 Å². The molecule has 4 heteroatoms. The van der Waals surface area contributed by atoms with Gasteiger partial charge in [0.2, 0.25) is 5.91 Å². The van der Waals surface area contributed by atoms with E-state index in [0.717, 1.165) is 30.0 Å². The van der Waals surface area contributed by atoms with Gasteiger partial charge in [0.25, 0.3) is 0 Å². The number of rotatable bonds is 8. The first kappa shape index (κ1) is 19.0. The van der Waals surface area contributed by atoms with E-state index >= 15 is 0 Å². The Kier molecular flexibility index (Phi) is 7.02. The van der Waals surface area contributed by atoms with Gasteiger partial charge in [0, 0.05) is 13.6 Å². The number of ether oxygens (including phenoxy) is 1. The molecule has 0 radical (unpaired) electrons. The summed E-state index contributed by atoms with van der Waals surface area (Å²) < 4.78 is 5.19. The van der Waals surface area contributed by atoms with E-state index < -0.39 is 0 Å². The predicted molar refractivity (Wildman–Crippen MR) is 102 cm³/mol. The highest BCUT2D eigenvalue weighted by molar-refractivity contribution is 5.83. The van der Waals surface area contributed by atoms with Crippen molar-refractivity contribution in [1.82, 2.24) is 9.80 Å². The normalized spacial score (nSPS) is 12.0. The molecule has 25 heavy (non-hydrogen) atoms. The van der Waals surface area contributed by atoms with E-state index in [1.165, 1.54) is 0 Å². The molecule has 0 aliphatic carbocycles. The fourth-order valence-corrected chi connectivity index (χ4v) is 3.03. The van der Waals surface area contributed by atoms with Crippen molar-refractivity contribution in [3.05, 3.63) is 65.7 Å². The average Bonchev–Trinajstić information content (AvgIpc) is 2.66. The van der Waals surface area contributed by atoms with Crippen LogP contribution >= 0.6 is 0 Å². The third kappa shape index (κ3) is 4.83. The molecule has 2 aromatic rings. The Bertz CT molecular complexity index is 651. The maximum absolute atomic E-state index is 13.2. The maximum atomic E-state index is 13.2. The molecule has 0 saturated heterocycles. The zero-order valence-corrected chi connectivity index (χ0v) is 15.6. The molecule has 4 nitrogen and oxygen atoms in total. The van der Waals surface area contributed by atoms with E-state index in [0.29, 0.717) is 6.54 Å². The number of nitrogens with zero attached hydrogens (tertiary/aromatic N) is 2. The van der Waals surface area contributed by atoms with Gasteiger partial charge in [-0.2, -0.15) is 0 Å². The van der Waals surface area contributed by atoms with Crippen molar-refractivity contribution in [2.45, 2.75) is 26.4 Å². The molecule has 0 saturated carbocycles. The number of likely N-dealkylation sites (N-methyl/N-ethyl adjacent to an activating group) is 2. The Balaban J connectivity index is 2.19. The molecule has 2 rings (SSSR count). The van der Waals surface area contributed by atoms with Gasteiger partial charge in [-0.3, -0.25) is 9.69 Å². The molecular formula is C21H28N2O2. The lowest BCUT2D eigenvalue weighted by Gasteiger charge is -2.32. The van der Waals surface area contributed by atoms with Crippen molar-refractivity contribution in [3.8, 4) is 5.75 Å². The largest absolute Gasteiger partial charge is 0.497 e. The third-order valence-corrected chi connectivity index (χ3v) is 4.48. The van der Waals surface area contributed by atoms with E-state index in [1.807, 2.05) is 61.6 Å². The Hall–Kier alpha value is -2.33. The molecule has 0 aliphatic heterocycles. The molecule has 0 aliphatic rings. The summed E-state index contributed by atoms with van der Waals surface area (Å²) in [5, 5.41) is 0. The highest BCUT2D eigenvalue weighted by atomic mass is 16.5. The summed E-state index contributed by atoms with van der Waals surface area (Å²) >= 11 is 0. The second-order valence-electron chi connectivity index (χ2n) is 6.08. The summed E-state index contributed by atoms with van der Waals surface area (Å²) in [6.45, 7) is 6.43. The zero-order chi connectivity index (χ0) is 18.2. The molecule has 0 aromatic heterocycles. The van der Waals surface area contributed by atoms with E-state index in [2.05, 4.69) is 18.7 Å². The van der Waals surface area contributed by atoms with Crippen LogP contribution in [0.25, 0.3) is 0 Å². The highest BCUT2D eigenvalue weighted by Gasteiger charge is 2.28. The van der Waals surface area contributed by atoms with Gasteiger partial charge in [0.15, 0.2) is 0 Å². The van der Waals surface area contributed by atoms with Gasteiger partial charge < -0.3 is 9.64 Å². The molecule has 0 heterocycles. The predicted octanol–water partition coefficient (Wildman–Crippen LogP) is 3.74. The van der Waals surface area contributed by atoms with Gasteiger partial charge in [0.1, 0.15) is 11.8 Å². The van der Waals surface area contributed by atoms with Gasteiger partial charge in [-0.05, 0) is 36.3 Å². The van der Waals surface area contributed by atoms with Crippen LogP contribution in [0.15, 0.2) is 54.6 Å². The molecule has 0 bridgehead atoms. The molecular weight excluding hydrogens is 312 g/mol. The standard InChI is InChI=1S/C21H28N2O2/c1-5-23(6-2)20(18-10-8-7-9-11-18)21(24)22(3)16-17-12-14-19(25-4)15-13-17/h7-15,20H,5-6,16H2,1-4H3. The Labute approximate surface area is 151 Å². The quantitative estimate of drug-likeness (QED) is 0.734. The summed E-state index contributed by atoms with van der Waals surface area (Å²) in [4.78, 5) is 17.2. The topological polar surface area (TPSA) is 32.8 Å². The lowest BCUT2D eigenvalue weighted by Crippen LogP contribution is -2.41. The fraction of sp³-hybridized carbons (Fsp3) is 0.381. The van der Waals surface area contributed by atoms with Crippen molar-refractivity contribution in [1.29, 1.82) is 0 Å². The summed E-state index contributed by atoms with van der Waals surface area (Å²) in [5.41, 5.74) is 2.13. The van der Waals surface area contributed by atoms with Gasteiger partial charge in [-0.1, -0.05) is 56.3 Å². The first-order valence-corrected chi connectivity index (χ1v) is 8.77. The number of carbonyl (C=O) groups is 1. The molecule has 2 aromatic carbocycles. The molecule has 1 atom stereocenters. The lowest BCUT2D eigenvalue weighted by molar-refractivity contribution is -0.136. The zero-order valence-electron chi connectivity index (χ0n) is 15.6. The number of hydrogen-bond acceptors (Lipinski definition) is 3. The minimum Gasteiger partial charge on any atom is -0.497 e.